The van der Waals surface area contributed by atoms with Gasteiger partial charge in [0.25, 0.3) is 0 Å². The maximum absolute atomic E-state index is 9.91. The molecule has 2 rings (SSSR count). The average molecular weight is 285 g/mol. The monoisotopic (exact) mass is 284 g/mol. The van der Waals surface area contributed by atoms with Gasteiger partial charge in [-0.3, -0.25) is 0 Å². The van der Waals surface area contributed by atoms with E-state index in [4.69, 9.17) is 23.2 Å². The predicted molar refractivity (Wildman–Crippen MR) is 73.0 cm³/mol. The number of hydrogen-bond donors (Lipinski definition) is 1. The predicted octanol–water partition coefficient (Wildman–Crippen LogP) is 3.18. The Morgan fingerprint density at radius 3 is 2.83 bits per heavy atom. The molecule has 18 heavy (non-hydrogen) atoms. The smallest absolute Gasteiger partial charge is 0.0946 e. The normalized spacial score (nSPS) is 12.6. The van der Waals surface area contributed by atoms with Crippen molar-refractivity contribution in [2.24, 2.45) is 0 Å². The molecule has 1 aromatic heterocycles. The number of nitrogens with zero attached hydrogens (tertiary/aromatic N) is 2. The van der Waals surface area contributed by atoms with Crippen LogP contribution in [-0.2, 0) is 13.0 Å². The van der Waals surface area contributed by atoms with E-state index >= 15 is 0 Å². The Morgan fingerprint density at radius 2 is 2.17 bits per heavy atom. The van der Waals surface area contributed by atoms with Crippen LogP contribution in [0.2, 0.25) is 10.0 Å². The van der Waals surface area contributed by atoms with Gasteiger partial charge in [0, 0.05) is 29.0 Å². The number of hydrogen-bond acceptors (Lipinski definition) is 2. The largest absolute Gasteiger partial charge is 0.391 e. The molecule has 0 bridgehead atoms. The highest BCUT2D eigenvalue weighted by molar-refractivity contribution is 6.35. The molecule has 1 heterocycles. The van der Waals surface area contributed by atoms with Gasteiger partial charge in [-0.15, -0.1) is 0 Å². The summed E-state index contributed by atoms with van der Waals surface area (Å²) in [5.74, 6) is 0. The molecule has 3 nitrogen and oxygen atoms in total. The zero-order valence-corrected chi connectivity index (χ0v) is 11.3. The van der Waals surface area contributed by atoms with E-state index in [1.54, 1.807) is 18.6 Å². The van der Waals surface area contributed by atoms with Gasteiger partial charge in [-0.2, -0.15) is 0 Å². The van der Waals surface area contributed by atoms with E-state index in [9.17, 15) is 5.11 Å². The Balaban J connectivity index is 1.87. The average Bonchev–Trinajstić information content (AvgIpc) is 2.80. The molecule has 0 amide bonds. The maximum atomic E-state index is 9.91. The van der Waals surface area contributed by atoms with Gasteiger partial charge in [-0.05, 0) is 30.5 Å². The maximum Gasteiger partial charge on any atom is 0.0946 e. The Kier molecular flexibility index (Phi) is 4.64. The number of aryl methyl sites for hydroxylation is 1. The van der Waals surface area contributed by atoms with Crippen molar-refractivity contribution >= 4 is 23.2 Å². The molecule has 5 heteroatoms. The second-order valence-corrected chi connectivity index (χ2v) is 5.03. The van der Waals surface area contributed by atoms with Crippen LogP contribution in [0.1, 0.15) is 12.0 Å². The van der Waals surface area contributed by atoms with Gasteiger partial charge in [0.05, 0.1) is 12.4 Å². The molecule has 0 fully saturated rings. The van der Waals surface area contributed by atoms with Crippen LogP contribution in [0, 0.1) is 0 Å². The highest BCUT2D eigenvalue weighted by atomic mass is 35.5. The molecule has 96 valence electrons. The lowest BCUT2D eigenvalue weighted by Crippen LogP contribution is -2.15. The number of imidazole rings is 1. The van der Waals surface area contributed by atoms with E-state index in [0.29, 0.717) is 23.0 Å². The summed E-state index contributed by atoms with van der Waals surface area (Å²) in [6.45, 7) is 0.547. The SMILES string of the molecule is OC(CCc1ccc(Cl)cc1Cl)Cn1ccnc1. The van der Waals surface area contributed by atoms with Gasteiger partial charge >= 0.3 is 0 Å². The Hall–Kier alpha value is -1.03. The zero-order valence-electron chi connectivity index (χ0n) is 9.76. The number of benzene rings is 1. The van der Waals surface area contributed by atoms with Gasteiger partial charge in [-0.1, -0.05) is 29.3 Å². The molecule has 0 saturated carbocycles. The summed E-state index contributed by atoms with van der Waals surface area (Å²) < 4.78 is 1.86. The van der Waals surface area contributed by atoms with Gasteiger partial charge in [0.15, 0.2) is 0 Å². The highest BCUT2D eigenvalue weighted by Gasteiger charge is 2.07. The van der Waals surface area contributed by atoms with Gasteiger partial charge < -0.3 is 9.67 Å². The van der Waals surface area contributed by atoms with Crippen molar-refractivity contribution in [3.63, 3.8) is 0 Å². The highest BCUT2D eigenvalue weighted by Crippen LogP contribution is 2.22. The number of aromatic nitrogens is 2. The van der Waals surface area contributed by atoms with E-state index in [2.05, 4.69) is 4.98 Å². The first-order valence-corrected chi connectivity index (χ1v) is 6.48. The Morgan fingerprint density at radius 1 is 1.33 bits per heavy atom. The van der Waals surface area contributed by atoms with E-state index in [1.807, 2.05) is 22.9 Å². The van der Waals surface area contributed by atoms with Crippen molar-refractivity contribution in [3.05, 3.63) is 52.5 Å². The first kappa shape index (κ1) is 13.4. The lowest BCUT2D eigenvalue weighted by atomic mass is 10.1. The third kappa shape index (κ3) is 3.73. The summed E-state index contributed by atoms with van der Waals surface area (Å²) >= 11 is 11.9. The van der Waals surface area contributed by atoms with Crippen molar-refractivity contribution in [1.82, 2.24) is 9.55 Å². The Labute approximate surface area is 116 Å². The molecule has 0 aliphatic carbocycles. The first-order chi connectivity index (χ1) is 8.65. The van der Waals surface area contributed by atoms with Crippen LogP contribution in [0.15, 0.2) is 36.9 Å². The van der Waals surface area contributed by atoms with Crippen LogP contribution in [0.4, 0.5) is 0 Å². The third-order valence-electron chi connectivity index (χ3n) is 2.74. The molecule has 1 unspecified atom stereocenters. The lowest BCUT2D eigenvalue weighted by molar-refractivity contribution is 0.144. The number of halogens is 2. The molecule has 0 radical (unpaired) electrons. The summed E-state index contributed by atoms with van der Waals surface area (Å²) in [6.07, 6.45) is 6.19. The molecule has 2 aromatic rings. The van der Waals surface area contributed by atoms with Crippen LogP contribution < -0.4 is 0 Å². The topological polar surface area (TPSA) is 38.0 Å². The number of rotatable bonds is 5. The molecule has 0 aliphatic heterocycles. The van der Waals surface area contributed by atoms with Crippen molar-refractivity contribution in [2.45, 2.75) is 25.5 Å². The number of aliphatic hydroxyl groups is 1. The summed E-state index contributed by atoms with van der Waals surface area (Å²) in [5.41, 5.74) is 1.01. The summed E-state index contributed by atoms with van der Waals surface area (Å²) in [4.78, 5) is 3.93. The molecular formula is C13H14Cl2N2O. The minimum absolute atomic E-state index is 0.411. The fraction of sp³-hybridized carbons (Fsp3) is 0.308. The van der Waals surface area contributed by atoms with E-state index in [1.165, 1.54) is 0 Å². The first-order valence-electron chi connectivity index (χ1n) is 5.73. The quantitative estimate of drug-likeness (QED) is 0.916. The Bertz CT molecular complexity index is 500. The molecule has 0 spiro atoms. The fourth-order valence-electron chi connectivity index (χ4n) is 1.78. The van der Waals surface area contributed by atoms with Crippen molar-refractivity contribution < 1.29 is 5.11 Å². The molecule has 1 atom stereocenters. The van der Waals surface area contributed by atoms with Gasteiger partial charge in [-0.25, -0.2) is 4.98 Å². The molecule has 0 aliphatic rings. The molecule has 0 saturated heterocycles. The molecular weight excluding hydrogens is 271 g/mol. The second kappa shape index (κ2) is 6.23. The van der Waals surface area contributed by atoms with Crippen LogP contribution >= 0.6 is 23.2 Å². The zero-order chi connectivity index (χ0) is 13.0. The molecule has 1 N–H and O–H groups in total. The van der Waals surface area contributed by atoms with Crippen molar-refractivity contribution in [3.8, 4) is 0 Å². The van der Waals surface area contributed by atoms with Crippen LogP contribution in [0.25, 0.3) is 0 Å². The number of aliphatic hydroxyl groups excluding tert-OH is 1. The molecule has 1 aromatic carbocycles. The van der Waals surface area contributed by atoms with E-state index < -0.39 is 6.10 Å². The van der Waals surface area contributed by atoms with Crippen molar-refractivity contribution in [1.29, 1.82) is 0 Å². The third-order valence-corrected chi connectivity index (χ3v) is 3.33. The standard InChI is InChI=1S/C13H14Cl2N2O/c14-11-3-1-10(13(15)7-11)2-4-12(18)8-17-6-5-16-9-17/h1,3,5-7,9,12,18H,2,4,8H2. The fourth-order valence-corrected chi connectivity index (χ4v) is 2.28. The second-order valence-electron chi connectivity index (χ2n) is 4.19. The van der Waals surface area contributed by atoms with Crippen LogP contribution in [-0.4, -0.2) is 20.8 Å². The van der Waals surface area contributed by atoms with Crippen LogP contribution in [0.3, 0.4) is 0 Å². The summed E-state index contributed by atoms with van der Waals surface area (Å²) in [7, 11) is 0. The summed E-state index contributed by atoms with van der Waals surface area (Å²) in [6, 6.07) is 5.43. The van der Waals surface area contributed by atoms with Crippen molar-refractivity contribution in [2.75, 3.05) is 0 Å². The summed E-state index contributed by atoms with van der Waals surface area (Å²) in [5, 5.41) is 11.2. The van der Waals surface area contributed by atoms with E-state index in [0.717, 1.165) is 12.0 Å². The van der Waals surface area contributed by atoms with Crippen LogP contribution in [0.5, 0.6) is 0 Å². The lowest BCUT2D eigenvalue weighted by Gasteiger charge is -2.11. The van der Waals surface area contributed by atoms with E-state index in [-0.39, 0.29) is 0 Å². The minimum Gasteiger partial charge on any atom is -0.391 e. The van der Waals surface area contributed by atoms with Gasteiger partial charge in [0.1, 0.15) is 0 Å². The van der Waals surface area contributed by atoms with Gasteiger partial charge in [0.2, 0.25) is 0 Å². The minimum atomic E-state index is -0.411.